The minimum Gasteiger partial charge on any atom is -0.497 e. The standard InChI is InChI=1S/C27H27N3O4S/c1-18-6-4-5-7-19(18)17-29-24-13-12-22(34-3)16-23(24)27(25(29)31)30(14-15-35-27)26(32)28-20-8-10-21(33-2)11-9-20/h4-13,16H,14-15,17H2,1-3H3,(H,28,32)/t27-/m0/s1. The van der Waals surface area contributed by atoms with E-state index in [2.05, 4.69) is 5.32 Å². The van der Waals surface area contributed by atoms with Gasteiger partial charge in [0.25, 0.3) is 5.91 Å². The molecule has 1 spiro atoms. The van der Waals surface area contributed by atoms with E-state index < -0.39 is 4.87 Å². The first-order valence-corrected chi connectivity index (χ1v) is 12.4. The van der Waals surface area contributed by atoms with Crippen LogP contribution >= 0.6 is 11.8 Å². The summed E-state index contributed by atoms with van der Waals surface area (Å²) in [5.41, 5.74) is 4.40. The molecule has 180 valence electrons. The maximum absolute atomic E-state index is 14.2. The normalized spacial score (nSPS) is 18.7. The van der Waals surface area contributed by atoms with Crippen LogP contribution in [0.3, 0.4) is 0 Å². The van der Waals surface area contributed by atoms with E-state index in [1.165, 1.54) is 11.8 Å². The summed E-state index contributed by atoms with van der Waals surface area (Å²) in [4.78, 5) is 30.0. The molecule has 0 saturated carbocycles. The van der Waals surface area contributed by atoms with Gasteiger partial charge in [0.2, 0.25) is 0 Å². The molecule has 0 bridgehead atoms. The third-order valence-electron chi connectivity index (χ3n) is 6.58. The van der Waals surface area contributed by atoms with Gasteiger partial charge in [0, 0.05) is 23.5 Å². The molecule has 7 nitrogen and oxygen atoms in total. The number of benzene rings is 3. The van der Waals surface area contributed by atoms with E-state index in [0.29, 0.717) is 36.0 Å². The van der Waals surface area contributed by atoms with Gasteiger partial charge in [-0.1, -0.05) is 24.3 Å². The van der Waals surface area contributed by atoms with E-state index in [1.807, 2.05) is 49.4 Å². The summed E-state index contributed by atoms with van der Waals surface area (Å²) in [7, 11) is 3.20. The number of fused-ring (bicyclic) bond motifs is 2. The average molecular weight is 490 g/mol. The van der Waals surface area contributed by atoms with Crippen LogP contribution in [0.15, 0.2) is 66.7 Å². The number of anilines is 2. The Kier molecular flexibility index (Phi) is 6.06. The lowest BCUT2D eigenvalue weighted by atomic mass is 10.1. The smallest absolute Gasteiger partial charge is 0.323 e. The highest BCUT2D eigenvalue weighted by Crippen LogP contribution is 2.55. The predicted octanol–water partition coefficient (Wildman–Crippen LogP) is 4.99. The highest BCUT2D eigenvalue weighted by molar-refractivity contribution is 8.01. The molecule has 0 radical (unpaired) electrons. The first-order valence-electron chi connectivity index (χ1n) is 11.4. The molecule has 3 amide bonds. The van der Waals surface area contributed by atoms with Crippen LogP contribution in [0.4, 0.5) is 16.2 Å². The molecule has 0 unspecified atom stereocenters. The van der Waals surface area contributed by atoms with Gasteiger partial charge in [0.1, 0.15) is 11.5 Å². The molecule has 2 heterocycles. The van der Waals surface area contributed by atoms with Gasteiger partial charge in [-0.15, -0.1) is 11.8 Å². The van der Waals surface area contributed by atoms with Crippen molar-refractivity contribution in [1.82, 2.24) is 4.90 Å². The summed E-state index contributed by atoms with van der Waals surface area (Å²) in [6, 6.07) is 20.5. The van der Waals surface area contributed by atoms with Crippen molar-refractivity contribution >= 4 is 35.1 Å². The average Bonchev–Trinajstić information content (AvgIpc) is 3.42. The SMILES string of the molecule is COc1ccc(NC(=O)N2CCS[C@@]23C(=O)N(Cc2ccccc2C)c2ccc(OC)cc23)cc1. The van der Waals surface area contributed by atoms with Crippen LogP contribution in [-0.2, 0) is 16.2 Å². The van der Waals surface area contributed by atoms with E-state index in [9.17, 15) is 9.59 Å². The van der Waals surface area contributed by atoms with Crippen molar-refractivity contribution in [2.75, 3.05) is 36.7 Å². The third kappa shape index (κ3) is 3.87. The lowest BCUT2D eigenvalue weighted by Gasteiger charge is -2.33. The molecule has 0 aliphatic carbocycles. The molecule has 1 fully saturated rings. The number of carbonyl (C=O) groups is 2. The summed E-state index contributed by atoms with van der Waals surface area (Å²) >= 11 is 1.49. The Labute approximate surface area is 209 Å². The lowest BCUT2D eigenvalue weighted by Crippen LogP contribution is -2.51. The topological polar surface area (TPSA) is 71.1 Å². The van der Waals surface area contributed by atoms with E-state index in [4.69, 9.17) is 9.47 Å². The Hall–Kier alpha value is -3.65. The minimum absolute atomic E-state index is 0.114. The number of urea groups is 1. The fourth-order valence-electron chi connectivity index (χ4n) is 4.70. The number of rotatable bonds is 5. The Bertz CT molecular complexity index is 1280. The Morgan fingerprint density at radius 1 is 1.03 bits per heavy atom. The summed E-state index contributed by atoms with van der Waals surface area (Å²) in [5.74, 6) is 1.89. The zero-order valence-corrected chi connectivity index (χ0v) is 20.7. The zero-order chi connectivity index (χ0) is 24.6. The molecule has 2 aliphatic heterocycles. The maximum atomic E-state index is 14.2. The number of methoxy groups -OCH3 is 2. The Morgan fingerprint density at radius 2 is 1.74 bits per heavy atom. The molecule has 5 rings (SSSR count). The Balaban J connectivity index is 1.53. The van der Waals surface area contributed by atoms with Crippen molar-refractivity contribution in [1.29, 1.82) is 0 Å². The molecular weight excluding hydrogens is 462 g/mol. The minimum atomic E-state index is -1.15. The van der Waals surface area contributed by atoms with Crippen molar-refractivity contribution in [3.05, 3.63) is 83.4 Å². The second kappa shape index (κ2) is 9.19. The van der Waals surface area contributed by atoms with Gasteiger partial charge >= 0.3 is 6.03 Å². The number of nitrogens with zero attached hydrogens (tertiary/aromatic N) is 2. The molecule has 35 heavy (non-hydrogen) atoms. The summed E-state index contributed by atoms with van der Waals surface area (Å²) in [6.07, 6.45) is 0. The molecule has 0 aromatic heterocycles. The monoisotopic (exact) mass is 489 g/mol. The number of aryl methyl sites for hydroxylation is 1. The van der Waals surface area contributed by atoms with E-state index in [-0.39, 0.29) is 11.9 Å². The summed E-state index contributed by atoms with van der Waals surface area (Å²) < 4.78 is 10.7. The number of amides is 3. The second-order valence-electron chi connectivity index (χ2n) is 8.50. The number of ether oxygens (including phenoxy) is 2. The fraction of sp³-hybridized carbons (Fsp3) is 0.259. The lowest BCUT2D eigenvalue weighted by molar-refractivity contribution is -0.123. The highest BCUT2D eigenvalue weighted by Gasteiger charge is 2.59. The van der Waals surface area contributed by atoms with Gasteiger partial charge < -0.3 is 19.7 Å². The number of nitrogens with one attached hydrogen (secondary N) is 1. The fourth-order valence-corrected chi connectivity index (χ4v) is 6.15. The van der Waals surface area contributed by atoms with Crippen molar-refractivity contribution in [3.8, 4) is 11.5 Å². The number of hydrogen-bond acceptors (Lipinski definition) is 5. The molecule has 8 heteroatoms. The molecule has 2 aliphatic rings. The number of thioether (sulfide) groups is 1. The second-order valence-corrected chi connectivity index (χ2v) is 9.79. The van der Waals surface area contributed by atoms with Gasteiger partial charge in [-0.2, -0.15) is 0 Å². The largest absolute Gasteiger partial charge is 0.497 e. The quantitative estimate of drug-likeness (QED) is 0.547. The summed E-state index contributed by atoms with van der Waals surface area (Å²) in [5, 5.41) is 2.96. The first-order chi connectivity index (χ1) is 17.0. The van der Waals surface area contributed by atoms with Crippen LogP contribution in [-0.4, -0.2) is 43.4 Å². The predicted molar refractivity (Wildman–Crippen MR) is 138 cm³/mol. The molecule has 3 aromatic rings. The van der Waals surface area contributed by atoms with E-state index >= 15 is 0 Å². The molecule has 1 atom stereocenters. The van der Waals surface area contributed by atoms with Gasteiger partial charge in [-0.3, -0.25) is 9.69 Å². The van der Waals surface area contributed by atoms with Crippen molar-refractivity contribution in [3.63, 3.8) is 0 Å². The van der Waals surface area contributed by atoms with E-state index in [1.54, 1.807) is 48.3 Å². The van der Waals surface area contributed by atoms with Crippen LogP contribution < -0.4 is 19.7 Å². The summed E-state index contributed by atoms with van der Waals surface area (Å²) in [6.45, 7) is 2.92. The van der Waals surface area contributed by atoms with Crippen LogP contribution in [0, 0.1) is 6.92 Å². The van der Waals surface area contributed by atoms with Crippen LogP contribution in [0.2, 0.25) is 0 Å². The van der Waals surface area contributed by atoms with Crippen molar-refractivity contribution < 1.29 is 19.1 Å². The van der Waals surface area contributed by atoms with Crippen molar-refractivity contribution in [2.24, 2.45) is 0 Å². The number of hydrogen-bond donors (Lipinski definition) is 1. The van der Waals surface area contributed by atoms with Gasteiger partial charge in [-0.05, 0) is 60.5 Å². The Morgan fingerprint density at radius 3 is 2.46 bits per heavy atom. The first kappa shape index (κ1) is 23.1. The highest BCUT2D eigenvalue weighted by atomic mass is 32.2. The van der Waals surface area contributed by atoms with Crippen LogP contribution in [0.25, 0.3) is 0 Å². The molecule has 1 saturated heterocycles. The van der Waals surface area contributed by atoms with E-state index in [0.717, 1.165) is 22.4 Å². The molecule has 3 aromatic carbocycles. The molecular formula is C27H27N3O4S. The maximum Gasteiger partial charge on any atom is 0.323 e. The van der Waals surface area contributed by atoms with Gasteiger partial charge in [0.05, 0.1) is 26.5 Å². The third-order valence-corrected chi connectivity index (χ3v) is 8.00. The van der Waals surface area contributed by atoms with Crippen LogP contribution in [0.1, 0.15) is 16.7 Å². The van der Waals surface area contributed by atoms with Gasteiger partial charge in [-0.25, -0.2) is 4.79 Å². The molecule has 1 N–H and O–H groups in total. The number of carbonyl (C=O) groups excluding carboxylic acids is 2. The van der Waals surface area contributed by atoms with Gasteiger partial charge in [0.15, 0.2) is 4.87 Å². The van der Waals surface area contributed by atoms with Crippen molar-refractivity contribution in [2.45, 2.75) is 18.3 Å². The van der Waals surface area contributed by atoms with Crippen LogP contribution in [0.5, 0.6) is 11.5 Å². The zero-order valence-electron chi connectivity index (χ0n) is 19.9.